The van der Waals surface area contributed by atoms with Crippen molar-refractivity contribution in [3.63, 3.8) is 0 Å². The number of aliphatic carboxylic acids is 1. The van der Waals surface area contributed by atoms with Crippen LogP contribution in [0.4, 0.5) is 0 Å². The minimum Gasteiger partial charge on any atom is -0.508 e. The highest BCUT2D eigenvalue weighted by Crippen LogP contribution is 2.44. The summed E-state index contributed by atoms with van der Waals surface area (Å²) in [6.07, 6.45) is 0.782. The number of aromatic amines is 1. The fraction of sp³-hybridized carbons (Fsp3) is 0.148. The molecule has 12 N–H and O–H groups in total. The number of aromatic hydroxyl groups is 5. The number of carbonyl (C=O) groups is 8. The van der Waals surface area contributed by atoms with Crippen LogP contribution in [0.2, 0.25) is 30.1 Å². The molecule has 6 amide bonds. The number of halogens is 6. The quantitative estimate of drug-likeness (QED) is 0.0473. The number of carboxylic acids is 1. The highest BCUT2D eigenvalue weighted by Gasteiger charge is 2.40. The van der Waals surface area contributed by atoms with Crippen LogP contribution in [0.5, 0.6) is 40.2 Å². The molecule has 9 bridgehead atoms. The van der Waals surface area contributed by atoms with Crippen molar-refractivity contribution in [1.29, 1.82) is 0 Å². The molecule has 0 saturated heterocycles. The Morgan fingerprint density at radius 1 is 0.607 bits per heavy atom. The van der Waals surface area contributed by atoms with E-state index in [1.54, 1.807) is 18.2 Å². The van der Waals surface area contributed by atoms with Crippen molar-refractivity contribution in [3.05, 3.63) is 191 Å². The number of aromatic nitrogens is 1. The zero-order chi connectivity index (χ0) is 64.0. The van der Waals surface area contributed by atoms with Crippen LogP contribution < -0.4 is 31.3 Å². The number of likely N-dealkylation sites (N-methyl/N-ethyl adjacent to an activating group) is 1. The van der Waals surface area contributed by atoms with Gasteiger partial charge >= 0.3 is 5.97 Å². The number of ketones is 1. The van der Waals surface area contributed by atoms with Crippen molar-refractivity contribution in [2.45, 2.75) is 49.1 Å². The monoisotopic (exact) mass is 1330 g/mol. The second kappa shape index (κ2) is 25.4. The van der Waals surface area contributed by atoms with E-state index in [9.17, 15) is 49.8 Å². The van der Waals surface area contributed by atoms with Crippen molar-refractivity contribution in [1.82, 2.24) is 36.5 Å². The molecule has 0 aliphatic carbocycles. The van der Waals surface area contributed by atoms with Crippen molar-refractivity contribution in [2.75, 3.05) is 7.05 Å². The van der Waals surface area contributed by atoms with E-state index >= 15 is 19.2 Å². The number of carboxylic acid groups (broad SMARTS) is 1. The van der Waals surface area contributed by atoms with Crippen molar-refractivity contribution < 1.29 is 73.7 Å². The average Bonchev–Trinajstić information content (AvgIpc) is 1.98. The van der Waals surface area contributed by atoms with E-state index in [1.165, 1.54) is 73.9 Å². The zero-order valence-electron chi connectivity index (χ0n) is 45.5. The van der Waals surface area contributed by atoms with Crippen LogP contribution in [0.3, 0.4) is 0 Å². The van der Waals surface area contributed by atoms with E-state index in [-0.39, 0.29) is 72.7 Å². The van der Waals surface area contributed by atoms with E-state index in [2.05, 4.69) is 31.6 Å². The molecule has 7 aromatic carbocycles. The Kier molecular flexibility index (Phi) is 17.8. The number of fused-ring (bicyclic) bond motifs is 15. The summed E-state index contributed by atoms with van der Waals surface area (Å²) < 4.78 is 6.37. The molecule has 89 heavy (non-hydrogen) atoms. The summed E-state index contributed by atoms with van der Waals surface area (Å²) in [6, 6.07) is 13.3. The molecular weight excluding hydrogens is 1280 g/mol. The van der Waals surface area contributed by atoms with Crippen molar-refractivity contribution in [3.8, 4) is 51.4 Å². The van der Waals surface area contributed by atoms with Crippen LogP contribution in [0.1, 0.15) is 67.9 Å². The van der Waals surface area contributed by atoms with Crippen LogP contribution in [-0.4, -0.2) is 107 Å². The van der Waals surface area contributed by atoms with E-state index in [0.29, 0.717) is 22.0 Å². The maximum absolute atomic E-state index is 15.8. The van der Waals surface area contributed by atoms with Crippen LogP contribution in [0.15, 0.2) is 121 Å². The maximum Gasteiger partial charge on any atom is 0.330 e. The van der Waals surface area contributed by atoms with Crippen LogP contribution in [0, 0.1) is 0 Å². The molecule has 0 radical (unpaired) electrons. The number of hydrogen-bond acceptors (Lipinski definition) is 14. The number of H-pyrrole nitrogens is 1. The molecule has 28 heteroatoms. The first-order valence-corrected chi connectivity index (χ1v) is 28.6. The molecule has 1 aromatic heterocycles. The zero-order valence-corrected chi connectivity index (χ0v) is 50.0. The molecule has 456 valence electrons. The Balaban J connectivity index is 1.15. The molecule has 0 saturated carbocycles. The summed E-state index contributed by atoms with van der Waals surface area (Å²) in [7, 11) is 1.19. The van der Waals surface area contributed by atoms with Crippen molar-refractivity contribution in [2.24, 2.45) is 0 Å². The lowest BCUT2D eigenvalue weighted by molar-refractivity contribution is -0.145. The first-order valence-electron chi connectivity index (χ1n) is 26.4. The lowest BCUT2D eigenvalue weighted by Gasteiger charge is -2.33. The Labute approximate surface area is 532 Å². The SMILES string of the molecule is CN1C(=O)C(c2cc(Cl)c(O)c(Cl)c2)NC(=O)[C@@H]2NC(=O)C(c3cc(Cl)c(O)c(Cl)c3)NC(=O)[C@H](NC(=O)C(=O)c3cc(Cl)c(O)c(Cl)c3)Cc3c[nH]c4cc(ccc34)-c3cc2cc(c3O)Oc2ccc(cc2)CC1C(=O)NC(C(=O)O)c1ccc(O)cc1. The lowest BCUT2D eigenvalue weighted by atomic mass is 9.94. The van der Waals surface area contributed by atoms with Crippen LogP contribution in [-0.2, 0) is 46.4 Å². The Bertz CT molecular complexity index is 4210. The van der Waals surface area contributed by atoms with Gasteiger partial charge in [0, 0.05) is 48.1 Å². The topological polar surface area (TPSA) is 346 Å². The molecule has 22 nitrogen and oxygen atoms in total. The van der Waals surface area contributed by atoms with Gasteiger partial charge < -0.3 is 71.8 Å². The Morgan fingerprint density at radius 2 is 1.13 bits per heavy atom. The highest BCUT2D eigenvalue weighted by atomic mass is 35.5. The minimum absolute atomic E-state index is 0.00208. The van der Waals surface area contributed by atoms with E-state index in [1.807, 2.05) is 0 Å². The third-order valence-electron chi connectivity index (χ3n) is 14.9. The number of hydrogen-bond donors (Lipinski definition) is 12. The van der Waals surface area contributed by atoms with Gasteiger partial charge in [0.1, 0.15) is 41.7 Å². The van der Waals surface area contributed by atoms with Gasteiger partial charge in [0.25, 0.3) is 5.91 Å². The molecule has 5 heterocycles. The van der Waals surface area contributed by atoms with Gasteiger partial charge in [-0.1, -0.05) is 106 Å². The van der Waals surface area contributed by atoms with Crippen LogP contribution >= 0.6 is 69.6 Å². The molecule has 4 unspecified atom stereocenters. The number of rotatable bonds is 9. The third-order valence-corrected chi connectivity index (χ3v) is 16.6. The molecule has 12 rings (SSSR count). The van der Waals surface area contributed by atoms with Crippen molar-refractivity contribution >= 4 is 128 Å². The Morgan fingerprint density at radius 3 is 1.71 bits per heavy atom. The number of benzene rings is 7. The minimum atomic E-state index is -2.07. The molecule has 4 aliphatic rings. The largest absolute Gasteiger partial charge is 0.508 e. The number of nitrogens with one attached hydrogen (secondary N) is 6. The summed E-state index contributed by atoms with van der Waals surface area (Å²) in [6.45, 7) is 0. The predicted octanol–water partition coefficient (Wildman–Crippen LogP) is 9.20. The van der Waals surface area contributed by atoms with Gasteiger partial charge in [-0.2, -0.15) is 0 Å². The number of nitrogens with zero attached hydrogens (tertiary/aromatic N) is 1. The van der Waals surface area contributed by atoms with Gasteiger partial charge in [-0.3, -0.25) is 33.6 Å². The lowest BCUT2D eigenvalue weighted by Crippen LogP contribution is -2.55. The van der Waals surface area contributed by atoms with Gasteiger partial charge in [-0.25, -0.2) is 4.79 Å². The summed E-state index contributed by atoms with van der Waals surface area (Å²) in [5.41, 5.74) is 0.449. The molecule has 8 aromatic rings. The number of amides is 6. The number of phenols is 5. The third kappa shape index (κ3) is 13.0. The molecule has 6 atom stereocenters. The van der Waals surface area contributed by atoms with Gasteiger partial charge in [0.05, 0.1) is 30.1 Å². The fourth-order valence-corrected chi connectivity index (χ4v) is 11.7. The number of Topliss-reactive ketones (excluding diaryl/α,β-unsaturated/α-hetero) is 1. The number of phenolic OH excluding ortho intramolecular Hbond substituents is 5. The molecule has 0 fully saturated rings. The standard InChI is InChI=1S/C61H45Cl6N7O15/c1-74-44(56(82)73-49(61(87)88)25-4-7-32(75)8-5-25)12-24-2-9-33(10-3-24)89-45-22-27-13-35(51(45)77)26-6-11-34-31(23-68-42(34)20-26)21-43(69-59(85)50(76)30-18-40(66)54(80)41(67)19-30)55(81)70-47(28-14-36(62)52(78)37(63)15-28)57(83)71-46(27)58(84)72-48(60(74)86)29-16-38(64)53(79)39(65)17-29/h2-11,13-20,22-23,43-44,46-49,68,75,77-80H,12,21H2,1H3,(H,69,85)(H,70,81)(H,71,83)(H,72,84)(H,73,82)(H,87,88)/t43-,44?,46-,47?,48?,49?/m1/s1. The maximum atomic E-state index is 15.8. The van der Waals surface area contributed by atoms with Gasteiger partial charge in [-0.15, -0.1) is 0 Å². The number of ether oxygens (including phenoxy) is 1. The Hall–Kier alpha value is -9.42. The first kappa shape index (κ1) is 62.6. The van der Waals surface area contributed by atoms with Gasteiger partial charge in [0.15, 0.2) is 34.8 Å². The normalized spacial score (nSPS) is 18.2. The van der Waals surface area contributed by atoms with E-state index < -0.39 is 133 Å². The fourth-order valence-electron chi connectivity index (χ4n) is 10.2. The average molecular weight is 1330 g/mol. The molecule has 0 spiro atoms. The summed E-state index contributed by atoms with van der Waals surface area (Å²) in [5, 5.41) is 75.0. The number of carbonyl (C=O) groups excluding carboxylic acids is 7. The summed E-state index contributed by atoms with van der Waals surface area (Å²) in [5.74, 6) is -12.7. The highest BCUT2D eigenvalue weighted by molar-refractivity contribution is 6.45. The summed E-state index contributed by atoms with van der Waals surface area (Å²) >= 11 is 38.0. The van der Waals surface area contributed by atoms with Gasteiger partial charge in [0.2, 0.25) is 35.3 Å². The summed E-state index contributed by atoms with van der Waals surface area (Å²) in [4.78, 5) is 121. The van der Waals surface area contributed by atoms with E-state index in [4.69, 9.17) is 74.3 Å². The second-order valence-electron chi connectivity index (χ2n) is 20.6. The van der Waals surface area contributed by atoms with E-state index in [0.717, 1.165) is 41.3 Å². The molecular formula is C61H45Cl6N7O15. The van der Waals surface area contributed by atoms with Gasteiger partial charge in [-0.05, 0) is 118 Å². The predicted molar refractivity (Wildman–Crippen MR) is 326 cm³/mol. The molecule has 4 aliphatic heterocycles. The smallest absolute Gasteiger partial charge is 0.330 e. The second-order valence-corrected chi connectivity index (χ2v) is 23.1. The first-order chi connectivity index (χ1) is 42.2. The van der Waals surface area contributed by atoms with Crippen LogP contribution in [0.25, 0.3) is 22.0 Å².